The third kappa shape index (κ3) is 3.95. The lowest BCUT2D eigenvalue weighted by atomic mass is 10.3. The van der Waals surface area contributed by atoms with E-state index in [9.17, 15) is 13.2 Å². The summed E-state index contributed by atoms with van der Waals surface area (Å²) in [6.07, 6.45) is -1.18. The summed E-state index contributed by atoms with van der Waals surface area (Å²) in [4.78, 5) is 10.7. The van der Waals surface area contributed by atoms with E-state index in [4.69, 9.17) is 23.2 Å². The monoisotopic (exact) mass is 299 g/mol. The summed E-state index contributed by atoms with van der Waals surface area (Å²) in [5, 5.41) is 0.0434. The van der Waals surface area contributed by atoms with Crippen molar-refractivity contribution in [2.45, 2.75) is 0 Å². The molecule has 0 aliphatic heterocycles. The molecule has 1 aromatic rings. The van der Waals surface area contributed by atoms with Crippen LogP contribution in [0, 0.1) is 0 Å². The predicted octanol–water partition coefficient (Wildman–Crippen LogP) is 1.97. The van der Waals surface area contributed by atoms with Gasteiger partial charge in [0.25, 0.3) is 0 Å². The third-order valence-electron chi connectivity index (χ3n) is 1.51. The number of ether oxygens (including phenoxy) is 1. The van der Waals surface area contributed by atoms with Crippen molar-refractivity contribution in [2.24, 2.45) is 0 Å². The van der Waals surface area contributed by atoms with Gasteiger partial charge in [-0.1, -0.05) is 29.3 Å². The van der Waals surface area contributed by atoms with Crippen molar-refractivity contribution in [3.8, 4) is 5.75 Å². The Morgan fingerprint density at radius 2 is 2.00 bits per heavy atom. The van der Waals surface area contributed by atoms with Gasteiger partial charge in [0.15, 0.2) is 5.75 Å². The Balaban J connectivity index is 2.91. The summed E-state index contributed by atoms with van der Waals surface area (Å²) in [7, 11) is -3.34. The van der Waals surface area contributed by atoms with Gasteiger partial charge < -0.3 is 8.92 Å². The van der Waals surface area contributed by atoms with Gasteiger partial charge in [0.2, 0.25) is 0 Å². The minimum absolute atomic E-state index is 0.0793. The van der Waals surface area contributed by atoms with Crippen LogP contribution in [-0.2, 0) is 15.0 Å². The van der Waals surface area contributed by atoms with E-state index in [2.05, 4.69) is 8.92 Å². The van der Waals surface area contributed by atoms with Gasteiger partial charge in [0, 0.05) is 0 Å². The van der Waals surface area contributed by atoms with Crippen LogP contribution in [0.1, 0.15) is 0 Å². The van der Waals surface area contributed by atoms with Gasteiger partial charge in [-0.25, -0.2) is 4.79 Å². The lowest BCUT2D eigenvalue weighted by molar-refractivity contribution is 0.177. The minimum atomic E-state index is -4.35. The maximum Gasteiger partial charge on any atom is 0.423 e. The normalized spacial score (nSPS) is 10.8. The molecule has 17 heavy (non-hydrogen) atoms. The first-order valence-electron chi connectivity index (χ1n) is 4.10. The molecule has 0 aliphatic rings. The topological polar surface area (TPSA) is 81.7 Å². The van der Waals surface area contributed by atoms with E-state index in [1.54, 1.807) is 0 Å². The second kappa shape index (κ2) is 5.44. The zero-order valence-electron chi connectivity index (χ0n) is 8.44. The number of carbonyl (C=O) groups is 1. The molecule has 6 nitrogen and oxygen atoms in total. The summed E-state index contributed by atoms with van der Waals surface area (Å²) >= 11 is 11.4. The number of hydrogen-bond acceptors (Lipinski definition) is 5. The molecule has 0 saturated carbocycles. The summed E-state index contributed by atoms with van der Waals surface area (Å²) in [5.41, 5.74) is 0. The molecule has 1 aromatic carbocycles. The average Bonchev–Trinajstić information content (AvgIpc) is 2.23. The van der Waals surface area contributed by atoms with Crippen molar-refractivity contribution in [1.29, 1.82) is 0 Å². The zero-order chi connectivity index (χ0) is 13.1. The van der Waals surface area contributed by atoms with Crippen molar-refractivity contribution >= 4 is 39.6 Å². The largest absolute Gasteiger partial charge is 0.452 e. The highest BCUT2D eigenvalue weighted by Crippen LogP contribution is 2.32. The summed E-state index contributed by atoms with van der Waals surface area (Å²) in [6, 6.07) is 4.18. The third-order valence-corrected chi connectivity index (χ3v) is 3.13. The Morgan fingerprint density at radius 3 is 2.59 bits per heavy atom. The van der Waals surface area contributed by atoms with Crippen LogP contribution in [0.2, 0.25) is 10.0 Å². The summed E-state index contributed by atoms with van der Waals surface area (Å²) < 4.78 is 32.7. The lowest BCUT2D eigenvalue weighted by Crippen LogP contribution is -2.33. The van der Waals surface area contributed by atoms with Gasteiger partial charge in [0.05, 0.1) is 12.1 Å². The molecule has 0 fully saturated rings. The van der Waals surface area contributed by atoms with E-state index in [0.29, 0.717) is 0 Å². The quantitative estimate of drug-likeness (QED) is 0.923. The average molecular weight is 300 g/mol. The molecular formula is C8H7Cl2NO5S. The van der Waals surface area contributed by atoms with Gasteiger partial charge in [-0.15, -0.1) is 0 Å². The first-order chi connectivity index (χ1) is 7.85. The van der Waals surface area contributed by atoms with Gasteiger partial charge in [-0.3, -0.25) is 0 Å². The number of halogens is 2. The predicted molar refractivity (Wildman–Crippen MR) is 61.6 cm³/mol. The number of rotatable bonds is 3. The molecule has 0 radical (unpaired) electrons. The number of benzene rings is 1. The van der Waals surface area contributed by atoms with E-state index in [0.717, 1.165) is 7.11 Å². The van der Waals surface area contributed by atoms with Crippen LogP contribution in [-0.4, -0.2) is 21.6 Å². The van der Waals surface area contributed by atoms with E-state index >= 15 is 0 Å². The molecule has 1 rings (SSSR count). The molecule has 0 atom stereocenters. The van der Waals surface area contributed by atoms with E-state index in [1.807, 2.05) is 0 Å². The van der Waals surface area contributed by atoms with Gasteiger partial charge in [0.1, 0.15) is 5.02 Å². The molecule has 94 valence electrons. The van der Waals surface area contributed by atoms with Gasteiger partial charge in [-0.2, -0.15) is 13.1 Å². The van der Waals surface area contributed by atoms with Crippen molar-refractivity contribution in [1.82, 2.24) is 4.72 Å². The van der Waals surface area contributed by atoms with Crippen LogP contribution >= 0.6 is 23.2 Å². The highest BCUT2D eigenvalue weighted by Gasteiger charge is 2.19. The van der Waals surface area contributed by atoms with Crippen molar-refractivity contribution in [2.75, 3.05) is 7.11 Å². The lowest BCUT2D eigenvalue weighted by Gasteiger charge is -2.08. The number of nitrogens with one attached hydrogen (secondary N) is 1. The molecule has 1 amide bonds. The van der Waals surface area contributed by atoms with Crippen molar-refractivity contribution in [3.63, 3.8) is 0 Å². The van der Waals surface area contributed by atoms with Crippen molar-refractivity contribution in [3.05, 3.63) is 28.2 Å². The number of amides is 1. The first kappa shape index (κ1) is 13.9. The molecule has 9 heteroatoms. The Morgan fingerprint density at radius 1 is 1.35 bits per heavy atom. The van der Waals surface area contributed by atoms with Crippen LogP contribution in [0.5, 0.6) is 5.75 Å². The molecular weight excluding hydrogens is 293 g/mol. The molecule has 0 aromatic heterocycles. The fourth-order valence-electron chi connectivity index (χ4n) is 0.831. The van der Waals surface area contributed by atoms with Crippen LogP contribution in [0.25, 0.3) is 0 Å². The zero-order valence-corrected chi connectivity index (χ0v) is 10.8. The van der Waals surface area contributed by atoms with Gasteiger partial charge >= 0.3 is 16.4 Å². The van der Waals surface area contributed by atoms with E-state index in [-0.39, 0.29) is 15.8 Å². The standard InChI is InChI=1S/C8H7Cl2NO5S/c1-15-8(12)11-17(13,14)16-6-4-2-3-5(9)7(6)10/h2-4H,1H3,(H,11,12). The van der Waals surface area contributed by atoms with Gasteiger partial charge in [-0.05, 0) is 12.1 Å². The maximum atomic E-state index is 11.3. The smallest absolute Gasteiger partial charge is 0.423 e. The SMILES string of the molecule is COC(=O)NS(=O)(=O)Oc1cccc(Cl)c1Cl. The Labute approximate surface area is 108 Å². The Kier molecular flexibility index (Phi) is 4.44. The molecule has 0 aliphatic carbocycles. The summed E-state index contributed by atoms with van der Waals surface area (Å²) in [6.45, 7) is 0. The number of hydrogen-bond donors (Lipinski definition) is 1. The highest BCUT2D eigenvalue weighted by atomic mass is 35.5. The Bertz CT molecular complexity index is 531. The number of methoxy groups -OCH3 is 1. The van der Waals surface area contributed by atoms with Crippen molar-refractivity contribution < 1.29 is 22.1 Å². The Hall–Kier alpha value is -1.18. The minimum Gasteiger partial charge on any atom is -0.452 e. The fraction of sp³-hybridized carbons (Fsp3) is 0.125. The molecule has 0 bridgehead atoms. The van der Waals surface area contributed by atoms with Crippen LogP contribution in [0.4, 0.5) is 4.79 Å². The molecule has 0 unspecified atom stereocenters. The summed E-state index contributed by atoms with van der Waals surface area (Å²) in [5.74, 6) is -0.199. The number of carbonyl (C=O) groups excluding carboxylic acids is 1. The first-order valence-corrected chi connectivity index (χ1v) is 6.26. The van der Waals surface area contributed by atoms with E-state index in [1.165, 1.54) is 22.9 Å². The second-order valence-electron chi connectivity index (χ2n) is 2.68. The fourth-order valence-corrected chi connectivity index (χ4v) is 1.91. The van der Waals surface area contributed by atoms with Crippen LogP contribution in [0.15, 0.2) is 18.2 Å². The molecule has 0 spiro atoms. The second-order valence-corrected chi connectivity index (χ2v) is 4.75. The maximum absolute atomic E-state index is 11.3. The molecule has 0 saturated heterocycles. The van der Waals surface area contributed by atoms with E-state index < -0.39 is 16.4 Å². The van der Waals surface area contributed by atoms with Crippen LogP contribution in [0.3, 0.4) is 0 Å². The highest BCUT2D eigenvalue weighted by molar-refractivity contribution is 7.85. The molecule has 0 heterocycles. The molecule has 1 N–H and O–H groups in total. The van der Waals surface area contributed by atoms with Crippen LogP contribution < -0.4 is 8.91 Å².